The fraction of sp³-hybridized carbons (Fsp3) is 0.778. The van der Waals surface area contributed by atoms with Gasteiger partial charge in [0.2, 0.25) is 0 Å². The fourth-order valence-electron chi connectivity index (χ4n) is 1.09. The van der Waals surface area contributed by atoms with E-state index in [-0.39, 0.29) is 10.2 Å². The van der Waals surface area contributed by atoms with E-state index in [9.17, 15) is 0 Å². The van der Waals surface area contributed by atoms with Gasteiger partial charge in [-0.2, -0.15) is 0 Å². The average Bonchev–Trinajstić information content (AvgIpc) is 2.41. The van der Waals surface area contributed by atoms with Gasteiger partial charge in [-0.25, -0.2) is 0 Å². The minimum atomic E-state index is -0.481. The summed E-state index contributed by atoms with van der Waals surface area (Å²) >= 11 is 2.05. The molecule has 1 fully saturated rings. The van der Waals surface area contributed by atoms with Crippen LogP contribution in [0.5, 0.6) is 0 Å². The number of ether oxygens (including phenoxy) is 3. The summed E-state index contributed by atoms with van der Waals surface area (Å²) in [6, 6.07) is 0. The van der Waals surface area contributed by atoms with E-state index in [1.54, 1.807) is 0 Å². The molecule has 0 aromatic heterocycles. The predicted octanol–water partition coefficient (Wildman–Crippen LogP) is 1.55. The zero-order valence-corrected chi connectivity index (χ0v) is 9.91. The second-order valence-corrected chi connectivity index (χ2v) is 4.40. The van der Waals surface area contributed by atoms with E-state index in [1.807, 2.05) is 36.4 Å². The highest BCUT2D eigenvalue weighted by atomic mass is 127. The number of alkyl halides is 1. The van der Waals surface area contributed by atoms with Crippen LogP contribution in [0.1, 0.15) is 13.8 Å². The Labute approximate surface area is 92.3 Å². The van der Waals surface area contributed by atoms with Crippen LogP contribution in [0.15, 0.2) is 0 Å². The third kappa shape index (κ3) is 3.81. The highest BCUT2D eigenvalue weighted by molar-refractivity contribution is 14.1. The molecule has 74 valence electrons. The van der Waals surface area contributed by atoms with E-state index in [0.29, 0.717) is 13.2 Å². The lowest BCUT2D eigenvalue weighted by Gasteiger charge is -2.17. The van der Waals surface area contributed by atoms with Crippen LogP contribution in [0.4, 0.5) is 0 Å². The number of terminal acetylenes is 1. The van der Waals surface area contributed by atoms with Crippen molar-refractivity contribution in [3.8, 4) is 12.3 Å². The second kappa shape index (κ2) is 4.60. The Balaban J connectivity index is 2.22. The van der Waals surface area contributed by atoms with E-state index in [0.717, 1.165) is 0 Å². The summed E-state index contributed by atoms with van der Waals surface area (Å²) in [6.07, 6.45) is 5.16. The van der Waals surface area contributed by atoms with Crippen LogP contribution in [0.3, 0.4) is 0 Å². The molecule has 0 aliphatic carbocycles. The van der Waals surface area contributed by atoms with E-state index in [1.165, 1.54) is 0 Å². The van der Waals surface area contributed by atoms with Gasteiger partial charge >= 0.3 is 0 Å². The van der Waals surface area contributed by atoms with Crippen molar-refractivity contribution < 1.29 is 14.2 Å². The normalized spacial score (nSPS) is 28.3. The lowest BCUT2D eigenvalue weighted by Crippen LogP contribution is -2.24. The maximum absolute atomic E-state index is 5.52. The third-order valence-corrected chi connectivity index (χ3v) is 2.35. The molecule has 0 N–H and O–H groups in total. The summed E-state index contributed by atoms with van der Waals surface area (Å²) in [5.74, 6) is 2.00. The molecule has 0 aromatic rings. The first-order valence-electron chi connectivity index (χ1n) is 4.07. The van der Waals surface area contributed by atoms with Gasteiger partial charge in [0.1, 0.15) is 6.10 Å². The van der Waals surface area contributed by atoms with Gasteiger partial charge in [-0.1, -0.05) is 5.92 Å². The first kappa shape index (κ1) is 11.2. The number of hydrogen-bond acceptors (Lipinski definition) is 3. The van der Waals surface area contributed by atoms with Crippen LogP contribution in [-0.4, -0.2) is 29.2 Å². The average molecular weight is 296 g/mol. The van der Waals surface area contributed by atoms with Crippen molar-refractivity contribution >= 4 is 22.6 Å². The molecule has 0 saturated carbocycles. The number of hydrogen-bond donors (Lipinski definition) is 0. The number of halogens is 1. The molecule has 1 rings (SSSR count). The van der Waals surface area contributed by atoms with E-state index in [4.69, 9.17) is 20.6 Å². The SMILES string of the molecule is C#CC(I)OCC1COC(C)(C)O1. The van der Waals surface area contributed by atoms with Crippen molar-refractivity contribution in [3.63, 3.8) is 0 Å². The van der Waals surface area contributed by atoms with Gasteiger partial charge in [0.05, 0.1) is 13.2 Å². The highest BCUT2D eigenvalue weighted by Gasteiger charge is 2.32. The Bertz CT molecular complexity index is 209. The van der Waals surface area contributed by atoms with Crippen LogP contribution in [0, 0.1) is 12.3 Å². The van der Waals surface area contributed by atoms with Gasteiger partial charge in [0, 0.05) is 0 Å². The maximum Gasteiger partial charge on any atom is 0.169 e. The molecule has 13 heavy (non-hydrogen) atoms. The second-order valence-electron chi connectivity index (χ2n) is 3.27. The Kier molecular flexibility index (Phi) is 3.98. The van der Waals surface area contributed by atoms with Crippen LogP contribution < -0.4 is 0 Å². The van der Waals surface area contributed by atoms with Crippen molar-refractivity contribution in [2.24, 2.45) is 0 Å². The van der Waals surface area contributed by atoms with Crippen molar-refractivity contribution in [2.45, 2.75) is 29.8 Å². The zero-order chi connectivity index (χ0) is 9.90. The topological polar surface area (TPSA) is 27.7 Å². The zero-order valence-electron chi connectivity index (χ0n) is 7.75. The fourth-order valence-corrected chi connectivity index (χ4v) is 1.29. The first-order chi connectivity index (χ1) is 6.03. The van der Waals surface area contributed by atoms with Crippen molar-refractivity contribution in [1.82, 2.24) is 0 Å². The summed E-state index contributed by atoms with van der Waals surface area (Å²) in [5, 5.41) is 0. The van der Waals surface area contributed by atoms with E-state index >= 15 is 0 Å². The molecular formula is C9H13IO3. The summed E-state index contributed by atoms with van der Waals surface area (Å²) in [6.45, 7) is 4.83. The molecule has 1 saturated heterocycles. The van der Waals surface area contributed by atoms with Crippen LogP contribution in [0.25, 0.3) is 0 Å². The molecule has 3 nitrogen and oxygen atoms in total. The number of rotatable bonds is 3. The van der Waals surface area contributed by atoms with Gasteiger partial charge in [-0.3, -0.25) is 0 Å². The Morgan fingerprint density at radius 1 is 1.77 bits per heavy atom. The molecule has 1 aliphatic heterocycles. The van der Waals surface area contributed by atoms with Gasteiger partial charge in [-0.15, -0.1) is 6.42 Å². The lowest BCUT2D eigenvalue weighted by atomic mass is 10.4. The van der Waals surface area contributed by atoms with Crippen LogP contribution in [0.2, 0.25) is 0 Å². The highest BCUT2D eigenvalue weighted by Crippen LogP contribution is 2.22. The summed E-state index contributed by atoms with van der Waals surface area (Å²) < 4.78 is 16.0. The molecule has 2 unspecified atom stereocenters. The summed E-state index contributed by atoms with van der Waals surface area (Å²) in [4.78, 5) is 0. The molecule has 0 bridgehead atoms. The first-order valence-corrected chi connectivity index (χ1v) is 5.31. The maximum atomic E-state index is 5.52. The summed E-state index contributed by atoms with van der Waals surface area (Å²) in [7, 11) is 0. The monoisotopic (exact) mass is 296 g/mol. The van der Waals surface area contributed by atoms with Crippen molar-refractivity contribution in [1.29, 1.82) is 0 Å². The Morgan fingerprint density at radius 2 is 2.46 bits per heavy atom. The largest absolute Gasteiger partial charge is 0.353 e. The van der Waals surface area contributed by atoms with Crippen molar-refractivity contribution in [3.05, 3.63) is 0 Å². The summed E-state index contributed by atoms with van der Waals surface area (Å²) in [5.41, 5.74) is 0. The van der Waals surface area contributed by atoms with Gasteiger partial charge in [-0.05, 0) is 36.4 Å². The minimum Gasteiger partial charge on any atom is -0.353 e. The molecule has 1 aliphatic rings. The minimum absolute atomic E-state index is 0.000570. The lowest BCUT2D eigenvalue weighted by molar-refractivity contribution is -0.144. The van der Waals surface area contributed by atoms with E-state index in [2.05, 4.69) is 5.92 Å². The Hall–Kier alpha value is 0.170. The molecule has 0 amide bonds. The molecule has 1 heterocycles. The smallest absolute Gasteiger partial charge is 0.169 e. The molecule has 0 spiro atoms. The van der Waals surface area contributed by atoms with Gasteiger partial charge < -0.3 is 14.2 Å². The molecule has 4 heteroatoms. The van der Waals surface area contributed by atoms with E-state index < -0.39 is 5.79 Å². The molecule has 0 aromatic carbocycles. The quantitative estimate of drug-likeness (QED) is 0.449. The van der Waals surface area contributed by atoms with Crippen molar-refractivity contribution in [2.75, 3.05) is 13.2 Å². The van der Waals surface area contributed by atoms with Crippen LogP contribution >= 0.6 is 22.6 Å². The molecule has 2 atom stereocenters. The standard InChI is InChI=1S/C9H13IO3/c1-4-8(10)11-5-7-6-12-9(2,3)13-7/h1,7-8H,5-6H2,2-3H3. The Morgan fingerprint density at radius 3 is 2.92 bits per heavy atom. The predicted molar refractivity (Wildman–Crippen MR) is 57.5 cm³/mol. The third-order valence-electron chi connectivity index (χ3n) is 1.63. The molecular weight excluding hydrogens is 283 g/mol. The van der Waals surface area contributed by atoms with Crippen LogP contribution in [-0.2, 0) is 14.2 Å². The van der Waals surface area contributed by atoms with Gasteiger partial charge in [0.15, 0.2) is 9.90 Å². The molecule has 0 radical (unpaired) electrons. The van der Waals surface area contributed by atoms with Gasteiger partial charge in [0.25, 0.3) is 0 Å².